The van der Waals surface area contributed by atoms with E-state index < -0.39 is 0 Å². The first-order valence-electron chi connectivity index (χ1n) is 4.54. The lowest BCUT2D eigenvalue weighted by Crippen LogP contribution is -2.08. The minimum Gasteiger partial charge on any atom is -0.443 e. The van der Waals surface area contributed by atoms with Crippen molar-refractivity contribution in [2.75, 3.05) is 6.61 Å². The van der Waals surface area contributed by atoms with Gasteiger partial charge in [0.2, 0.25) is 0 Å². The number of hydrogen-bond donors (Lipinski definition) is 1. The molecule has 1 aromatic rings. The fraction of sp³-hybridized carbons (Fsp3) is 0.667. The summed E-state index contributed by atoms with van der Waals surface area (Å²) < 4.78 is 10.7. The van der Waals surface area contributed by atoms with Gasteiger partial charge in [0.05, 0.1) is 18.7 Å². The Kier molecular flexibility index (Phi) is 2.61. The Labute approximate surface area is 76.5 Å². The SMILES string of the molecule is OCc1cnc(CC2CCCO2)o1. The maximum absolute atomic E-state index is 8.75. The molecule has 0 radical (unpaired) electrons. The van der Waals surface area contributed by atoms with E-state index in [2.05, 4.69) is 4.98 Å². The Hall–Kier alpha value is -0.870. The van der Waals surface area contributed by atoms with Crippen molar-refractivity contribution in [3.8, 4) is 0 Å². The van der Waals surface area contributed by atoms with E-state index in [9.17, 15) is 0 Å². The van der Waals surface area contributed by atoms with Crippen molar-refractivity contribution in [2.24, 2.45) is 0 Å². The quantitative estimate of drug-likeness (QED) is 0.756. The van der Waals surface area contributed by atoms with Gasteiger partial charge in [-0.05, 0) is 12.8 Å². The van der Waals surface area contributed by atoms with Gasteiger partial charge in [0.15, 0.2) is 5.89 Å². The first-order valence-corrected chi connectivity index (χ1v) is 4.54. The van der Waals surface area contributed by atoms with Crippen LogP contribution in [0.2, 0.25) is 0 Å². The van der Waals surface area contributed by atoms with Crippen molar-refractivity contribution in [2.45, 2.75) is 32.0 Å². The fourth-order valence-corrected chi connectivity index (χ4v) is 1.52. The molecule has 1 aliphatic heterocycles. The van der Waals surface area contributed by atoms with E-state index in [1.165, 1.54) is 0 Å². The molecule has 1 fully saturated rings. The highest BCUT2D eigenvalue weighted by Gasteiger charge is 2.18. The molecular weight excluding hydrogens is 170 g/mol. The summed E-state index contributed by atoms with van der Waals surface area (Å²) in [7, 11) is 0. The van der Waals surface area contributed by atoms with E-state index in [0.717, 1.165) is 25.9 Å². The zero-order chi connectivity index (χ0) is 9.10. The first kappa shape index (κ1) is 8.72. The Morgan fingerprint density at radius 3 is 3.15 bits per heavy atom. The van der Waals surface area contributed by atoms with Crippen LogP contribution in [0.5, 0.6) is 0 Å². The summed E-state index contributed by atoms with van der Waals surface area (Å²) in [6, 6.07) is 0. The average Bonchev–Trinajstić information content (AvgIpc) is 2.76. The maximum Gasteiger partial charge on any atom is 0.197 e. The molecule has 4 heteroatoms. The lowest BCUT2D eigenvalue weighted by Gasteiger charge is -2.04. The molecule has 1 aromatic heterocycles. The van der Waals surface area contributed by atoms with Crippen molar-refractivity contribution >= 4 is 0 Å². The number of ether oxygens (including phenoxy) is 1. The van der Waals surface area contributed by atoms with Crippen LogP contribution in [0.15, 0.2) is 10.6 Å². The molecule has 1 aliphatic rings. The molecule has 1 unspecified atom stereocenters. The van der Waals surface area contributed by atoms with Crippen molar-refractivity contribution in [1.82, 2.24) is 4.98 Å². The highest BCUT2D eigenvalue weighted by molar-refractivity contribution is 4.94. The Morgan fingerprint density at radius 1 is 1.62 bits per heavy atom. The third-order valence-corrected chi connectivity index (χ3v) is 2.18. The molecule has 2 rings (SSSR count). The predicted molar refractivity (Wildman–Crippen MR) is 45.1 cm³/mol. The number of aromatic nitrogens is 1. The first-order chi connectivity index (χ1) is 6.38. The van der Waals surface area contributed by atoms with Gasteiger partial charge in [0.25, 0.3) is 0 Å². The topological polar surface area (TPSA) is 55.5 Å². The van der Waals surface area contributed by atoms with Crippen LogP contribution in [-0.4, -0.2) is 22.8 Å². The number of hydrogen-bond acceptors (Lipinski definition) is 4. The fourth-order valence-electron chi connectivity index (χ4n) is 1.52. The van der Waals surface area contributed by atoms with E-state index in [4.69, 9.17) is 14.3 Å². The van der Waals surface area contributed by atoms with Gasteiger partial charge >= 0.3 is 0 Å². The lowest BCUT2D eigenvalue weighted by atomic mass is 10.2. The molecule has 0 amide bonds. The van der Waals surface area contributed by atoms with Crippen molar-refractivity contribution in [3.63, 3.8) is 0 Å². The van der Waals surface area contributed by atoms with Gasteiger partial charge in [-0.25, -0.2) is 4.98 Å². The zero-order valence-corrected chi connectivity index (χ0v) is 7.40. The maximum atomic E-state index is 8.75. The molecule has 4 nitrogen and oxygen atoms in total. The summed E-state index contributed by atoms with van der Waals surface area (Å²) in [6.07, 6.45) is 4.74. The normalized spacial score (nSPS) is 22.4. The molecule has 2 heterocycles. The van der Waals surface area contributed by atoms with Crippen LogP contribution < -0.4 is 0 Å². The van der Waals surface area contributed by atoms with Crippen molar-refractivity contribution in [1.29, 1.82) is 0 Å². The van der Waals surface area contributed by atoms with Crippen LogP contribution in [0.1, 0.15) is 24.5 Å². The molecule has 0 spiro atoms. The molecule has 0 aromatic carbocycles. The number of nitrogens with zero attached hydrogens (tertiary/aromatic N) is 1. The van der Waals surface area contributed by atoms with Gasteiger partial charge in [-0.2, -0.15) is 0 Å². The monoisotopic (exact) mass is 183 g/mol. The average molecular weight is 183 g/mol. The largest absolute Gasteiger partial charge is 0.443 e. The van der Waals surface area contributed by atoms with Gasteiger partial charge in [0, 0.05) is 6.61 Å². The van der Waals surface area contributed by atoms with Crippen LogP contribution >= 0.6 is 0 Å². The molecule has 72 valence electrons. The molecule has 1 atom stereocenters. The van der Waals surface area contributed by atoms with E-state index >= 15 is 0 Å². The number of rotatable bonds is 3. The van der Waals surface area contributed by atoms with E-state index in [1.807, 2.05) is 0 Å². The lowest BCUT2D eigenvalue weighted by molar-refractivity contribution is 0.105. The number of oxazole rings is 1. The van der Waals surface area contributed by atoms with Crippen LogP contribution in [-0.2, 0) is 17.8 Å². The van der Waals surface area contributed by atoms with Crippen molar-refractivity contribution in [3.05, 3.63) is 17.8 Å². The minimum absolute atomic E-state index is 0.0848. The number of aliphatic hydroxyl groups excluding tert-OH is 1. The highest BCUT2D eigenvalue weighted by atomic mass is 16.5. The summed E-state index contributed by atoms with van der Waals surface area (Å²) >= 11 is 0. The highest BCUT2D eigenvalue weighted by Crippen LogP contribution is 2.16. The Balaban J connectivity index is 1.92. The van der Waals surface area contributed by atoms with E-state index in [1.54, 1.807) is 6.20 Å². The summed E-state index contributed by atoms with van der Waals surface area (Å²) in [5, 5.41) is 8.75. The van der Waals surface area contributed by atoms with E-state index in [-0.39, 0.29) is 12.7 Å². The van der Waals surface area contributed by atoms with Gasteiger partial charge in [-0.15, -0.1) is 0 Å². The molecular formula is C9H13NO3. The van der Waals surface area contributed by atoms with E-state index in [0.29, 0.717) is 11.7 Å². The summed E-state index contributed by atoms with van der Waals surface area (Å²) in [6.45, 7) is 0.761. The smallest absolute Gasteiger partial charge is 0.197 e. The summed E-state index contributed by atoms with van der Waals surface area (Å²) in [5.41, 5.74) is 0. The zero-order valence-electron chi connectivity index (χ0n) is 7.40. The second-order valence-corrected chi connectivity index (χ2v) is 3.22. The third-order valence-electron chi connectivity index (χ3n) is 2.18. The summed E-state index contributed by atoms with van der Waals surface area (Å²) in [5.74, 6) is 1.18. The third kappa shape index (κ3) is 2.08. The second-order valence-electron chi connectivity index (χ2n) is 3.22. The van der Waals surface area contributed by atoms with Crippen LogP contribution in [0.25, 0.3) is 0 Å². The van der Waals surface area contributed by atoms with Crippen molar-refractivity contribution < 1.29 is 14.3 Å². The van der Waals surface area contributed by atoms with Crippen LogP contribution in [0.3, 0.4) is 0 Å². The molecule has 13 heavy (non-hydrogen) atoms. The second kappa shape index (κ2) is 3.89. The standard InChI is InChI=1S/C9H13NO3/c11-6-8-5-10-9(13-8)4-7-2-1-3-12-7/h5,7,11H,1-4,6H2. The Morgan fingerprint density at radius 2 is 2.54 bits per heavy atom. The molecule has 0 aliphatic carbocycles. The minimum atomic E-state index is -0.0848. The van der Waals surface area contributed by atoms with Gasteiger partial charge in [-0.3, -0.25) is 0 Å². The number of aliphatic hydroxyl groups is 1. The van der Waals surface area contributed by atoms with Crippen LogP contribution in [0, 0.1) is 0 Å². The molecule has 0 bridgehead atoms. The molecule has 0 saturated carbocycles. The summed E-state index contributed by atoms with van der Waals surface area (Å²) in [4.78, 5) is 4.04. The Bertz CT molecular complexity index is 266. The van der Waals surface area contributed by atoms with Gasteiger partial charge in [0.1, 0.15) is 12.4 Å². The van der Waals surface area contributed by atoms with Gasteiger partial charge < -0.3 is 14.3 Å². The molecule has 1 N–H and O–H groups in total. The van der Waals surface area contributed by atoms with Crippen LogP contribution in [0.4, 0.5) is 0 Å². The predicted octanol–water partition coefficient (Wildman–Crippen LogP) is 0.888. The molecule has 1 saturated heterocycles. The van der Waals surface area contributed by atoms with Gasteiger partial charge in [-0.1, -0.05) is 0 Å².